The van der Waals surface area contributed by atoms with E-state index >= 15 is 0 Å². The van der Waals surface area contributed by atoms with Gasteiger partial charge in [0.15, 0.2) is 24.8 Å². The fraction of sp³-hybridized carbons (Fsp3) is 0.176. The van der Waals surface area contributed by atoms with Crippen LogP contribution in [-0.4, -0.2) is 11.9 Å². The van der Waals surface area contributed by atoms with Gasteiger partial charge >= 0.3 is 0 Å². The minimum absolute atomic E-state index is 0.139. The number of rotatable bonds is 10. The first-order valence-corrected chi connectivity index (χ1v) is 36.6. The standard InChI is InChI=1S/C22H24N.C21H23N.2C20H20N.C19H18N/c1-15-13-22(23(5)14-18(15)4)21-12-16(2)20(11-17(21)3)19-9-7-6-8-10-19;1-15-10-11-19(18-8-6-5-7-9-18)13-20(15)21-12-16(2)17(3)14-22(21)4;1-15-13-16(2)19(20-11-7-8-12-21(20)3)14-18(15)17-9-5-4-6-10-17;1-15-9-12-20(21(3)14-15)19-13-18(11-10-16(19)2)17-7-5-4-6-8-17;1-15-11-12-17(16-8-4-3-5-9-16)14-18(15)19-10-6-7-13-20(19)2/h6-14H,1-5H3;5-14,21H,1-4H3;2*4-14H,1-3H3;3-14H,1-2H3/q+1;;3*+1/i1D3,2D3,4D3;;;;. The Morgan fingerprint density at radius 2 is 0.664 bits per heavy atom. The summed E-state index contributed by atoms with van der Waals surface area (Å²) in [6, 6.07) is 98.2. The van der Waals surface area contributed by atoms with Gasteiger partial charge in [0, 0.05) is 95.4 Å². The molecule has 0 amide bonds. The molecule has 534 valence electrons. The summed E-state index contributed by atoms with van der Waals surface area (Å²) in [5.41, 5.74) is 32.4. The van der Waals surface area contributed by atoms with E-state index in [0.717, 1.165) is 11.1 Å². The van der Waals surface area contributed by atoms with Crippen molar-refractivity contribution < 1.29 is 30.6 Å². The van der Waals surface area contributed by atoms with Crippen LogP contribution in [0.1, 0.15) is 93.4 Å². The normalized spacial score (nSPS) is 13.8. The van der Waals surface area contributed by atoms with Crippen molar-refractivity contribution in [2.75, 3.05) is 7.05 Å². The molecule has 1 aliphatic rings. The highest BCUT2D eigenvalue weighted by Gasteiger charge is 2.22. The zero-order valence-electron chi connectivity index (χ0n) is 73.4. The Hall–Kier alpha value is -11.9. The number of likely N-dealkylation sites (N-methyl/N-ethyl adjacent to an activating group) is 1. The zero-order valence-corrected chi connectivity index (χ0v) is 64.4. The van der Waals surface area contributed by atoms with Crippen molar-refractivity contribution in [1.29, 1.82) is 0 Å². The van der Waals surface area contributed by atoms with Crippen LogP contribution in [0, 0.1) is 69.0 Å². The summed E-state index contributed by atoms with van der Waals surface area (Å²) in [6.07, 6.45) is 12.3. The molecule has 1 atom stereocenters. The Labute approximate surface area is 651 Å². The molecule has 0 fully saturated rings. The predicted molar refractivity (Wildman–Crippen MR) is 451 cm³/mol. The molecule has 1 unspecified atom stereocenters. The maximum atomic E-state index is 8.07. The summed E-state index contributed by atoms with van der Waals surface area (Å²) in [6.45, 7) is 11.6. The summed E-state index contributed by atoms with van der Waals surface area (Å²) in [4.78, 5) is 2.31. The average Bonchev–Trinajstić information content (AvgIpc) is 0.727. The van der Waals surface area contributed by atoms with Crippen LogP contribution in [-0.2, 0) is 28.2 Å². The van der Waals surface area contributed by atoms with Gasteiger partial charge in [-0.2, -0.15) is 0 Å². The number of benzene rings is 10. The maximum Gasteiger partial charge on any atom is 0.212 e. The van der Waals surface area contributed by atoms with Crippen LogP contribution in [0.15, 0.2) is 333 Å². The molecule has 0 saturated carbocycles. The molecule has 0 spiro atoms. The molecule has 5 heteroatoms. The first kappa shape index (κ1) is 64.7. The average molecular weight is 1410 g/mol. The number of allylic oxidation sites excluding steroid dienone is 2. The Balaban J connectivity index is 0.000000144. The van der Waals surface area contributed by atoms with Crippen molar-refractivity contribution in [1.82, 2.24) is 4.90 Å². The quantitative estimate of drug-likeness (QED) is 0.125. The van der Waals surface area contributed by atoms with Gasteiger partial charge in [0.25, 0.3) is 0 Å². The van der Waals surface area contributed by atoms with Crippen molar-refractivity contribution in [3.63, 3.8) is 0 Å². The maximum absolute atomic E-state index is 8.07. The van der Waals surface area contributed by atoms with Gasteiger partial charge < -0.3 is 4.90 Å². The van der Waals surface area contributed by atoms with Crippen molar-refractivity contribution in [3.8, 4) is 101 Å². The van der Waals surface area contributed by atoms with E-state index in [0.29, 0.717) is 22.9 Å². The Bertz CT molecular complexity index is 5830. The van der Waals surface area contributed by atoms with E-state index in [1.54, 1.807) is 19.2 Å². The van der Waals surface area contributed by atoms with Crippen LogP contribution in [0.3, 0.4) is 0 Å². The van der Waals surface area contributed by atoms with Crippen LogP contribution >= 0.6 is 0 Å². The molecular weight excluding hydrogens is 1300 g/mol. The molecular formula is C102H105N5+4. The minimum atomic E-state index is -2.64. The Morgan fingerprint density at radius 3 is 1.14 bits per heavy atom. The fourth-order valence-corrected chi connectivity index (χ4v) is 13.9. The van der Waals surface area contributed by atoms with Crippen LogP contribution in [0.4, 0.5) is 0 Å². The molecule has 1 aliphatic heterocycles. The highest BCUT2D eigenvalue weighted by molar-refractivity contribution is 5.78. The summed E-state index contributed by atoms with van der Waals surface area (Å²) in [7, 11) is 10.1. The van der Waals surface area contributed by atoms with Crippen LogP contribution in [0.25, 0.3) is 101 Å². The second kappa shape index (κ2) is 35.2. The minimum Gasteiger partial charge on any atom is -0.370 e. The highest BCUT2D eigenvalue weighted by atomic mass is 15.1. The molecule has 14 aromatic rings. The third-order valence-corrected chi connectivity index (χ3v) is 20.1. The van der Waals surface area contributed by atoms with Gasteiger partial charge in [0.1, 0.15) is 28.2 Å². The van der Waals surface area contributed by atoms with E-state index in [-0.39, 0.29) is 16.7 Å². The van der Waals surface area contributed by atoms with E-state index in [1.165, 1.54) is 145 Å². The molecule has 107 heavy (non-hydrogen) atoms. The van der Waals surface area contributed by atoms with E-state index < -0.39 is 20.6 Å². The molecule has 0 aliphatic carbocycles. The lowest BCUT2D eigenvalue weighted by Crippen LogP contribution is -2.31. The molecule has 10 aromatic carbocycles. The number of aryl methyl sites for hydroxylation is 14. The molecule has 5 heterocycles. The second-order valence-electron chi connectivity index (χ2n) is 28.1. The van der Waals surface area contributed by atoms with Crippen molar-refractivity contribution in [3.05, 3.63) is 395 Å². The van der Waals surface area contributed by atoms with Crippen LogP contribution in [0.5, 0.6) is 0 Å². The van der Waals surface area contributed by atoms with E-state index in [1.807, 2.05) is 37.3 Å². The Kier molecular flexibility index (Phi) is 21.3. The van der Waals surface area contributed by atoms with Gasteiger partial charge in [-0.1, -0.05) is 206 Å². The number of nitrogens with zero attached hydrogens (tertiary/aromatic N) is 5. The largest absolute Gasteiger partial charge is 0.370 e. The molecule has 4 aromatic heterocycles. The topological polar surface area (TPSA) is 18.8 Å². The Morgan fingerprint density at radius 1 is 0.271 bits per heavy atom. The second-order valence-corrected chi connectivity index (χ2v) is 28.1. The molecule has 15 rings (SSSR count). The van der Waals surface area contributed by atoms with Crippen LogP contribution in [0.2, 0.25) is 0 Å². The fourth-order valence-electron chi connectivity index (χ4n) is 13.9. The summed E-state index contributed by atoms with van der Waals surface area (Å²) >= 11 is 0. The van der Waals surface area contributed by atoms with Gasteiger partial charge in [-0.15, -0.1) is 0 Å². The number of hydrogen-bond acceptors (Lipinski definition) is 1. The van der Waals surface area contributed by atoms with Crippen molar-refractivity contribution in [2.24, 2.45) is 28.2 Å². The lowest BCUT2D eigenvalue weighted by molar-refractivity contribution is -0.660. The lowest BCUT2D eigenvalue weighted by Gasteiger charge is -2.31. The number of pyridine rings is 4. The first-order valence-electron chi connectivity index (χ1n) is 41.1. The van der Waals surface area contributed by atoms with Crippen molar-refractivity contribution >= 4 is 0 Å². The first-order chi connectivity index (χ1) is 55.2. The van der Waals surface area contributed by atoms with E-state index in [9.17, 15) is 0 Å². The molecule has 5 nitrogen and oxygen atoms in total. The van der Waals surface area contributed by atoms with E-state index in [2.05, 4.69) is 370 Å². The van der Waals surface area contributed by atoms with Gasteiger partial charge in [-0.05, 0) is 248 Å². The monoisotopic (exact) mass is 1410 g/mol. The van der Waals surface area contributed by atoms with Crippen molar-refractivity contribution in [2.45, 2.75) is 88.9 Å². The summed E-state index contributed by atoms with van der Waals surface area (Å²) in [5.74, 6) is 0. The summed E-state index contributed by atoms with van der Waals surface area (Å²) in [5, 5.41) is 0. The SMILES string of the molecule is CC1=CC(c2cc(-c3ccccc3)ccc2C)N(C)C=C1C.Cc1cc(C)c(-c2cccc[n+]2C)cc1-c1ccccc1.Cc1ccc(-c2cc(-c3ccccc3)ccc2C)[n+](C)c1.Cc1ccc(-c2ccccc2)cc1-c1cccc[n+]1C.[2H]C([2H])([2H])c1cc(-c2cc(C([2H])([2H])[2H])c(C([2H])([2H])[2H])c[n+]2C)c(C)cc1-c1ccccc1. The lowest BCUT2D eigenvalue weighted by atomic mass is 9.91. The zero-order chi connectivity index (χ0) is 83.3. The third kappa shape index (κ3) is 18.8. The number of hydrogen-bond donors (Lipinski definition) is 0. The van der Waals surface area contributed by atoms with E-state index in [4.69, 9.17) is 12.3 Å². The predicted octanol–water partition coefficient (Wildman–Crippen LogP) is 23.7. The van der Waals surface area contributed by atoms with Gasteiger partial charge in [-0.3, -0.25) is 0 Å². The highest BCUT2D eigenvalue weighted by Crippen LogP contribution is 2.37. The van der Waals surface area contributed by atoms with Crippen LogP contribution < -0.4 is 18.3 Å². The summed E-state index contributed by atoms with van der Waals surface area (Å²) < 4.78 is 79.0. The molecule has 0 saturated heterocycles. The molecule has 0 radical (unpaired) electrons. The molecule has 0 bridgehead atoms. The van der Waals surface area contributed by atoms with Gasteiger partial charge in [0.05, 0.1) is 6.04 Å². The molecule has 0 N–H and O–H groups in total. The third-order valence-electron chi connectivity index (χ3n) is 20.1. The smallest absolute Gasteiger partial charge is 0.212 e. The van der Waals surface area contributed by atoms with Gasteiger partial charge in [0.2, 0.25) is 22.8 Å². The van der Waals surface area contributed by atoms with Gasteiger partial charge in [-0.25, -0.2) is 18.3 Å². The number of aromatic nitrogens is 4.